The summed E-state index contributed by atoms with van der Waals surface area (Å²) >= 11 is 3.44. The number of carbonyl (C=O) groups is 1. The Morgan fingerprint density at radius 3 is 2.80 bits per heavy atom. The van der Waals surface area contributed by atoms with E-state index >= 15 is 0 Å². The Labute approximate surface area is 123 Å². The van der Waals surface area contributed by atoms with Crippen LogP contribution < -0.4 is 0 Å². The van der Waals surface area contributed by atoms with Gasteiger partial charge in [0, 0.05) is 10.7 Å². The van der Waals surface area contributed by atoms with Crippen molar-refractivity contribution in [1.82, 2.24) is 14.5 Å². The highest BCUT2D eigenvalue weighted by Gasteiger charge is 2.09. The van der Waals surface area contributed by atoms with Crippen LogP contribution in [0.5, 0.6) is 0 Å². The average Bonchev–Trinajstić information content (AvgIpc) is 2.89. The van der Waals surface area contributed by atoms with Crippen molar-refractivity contribution in [3.63, 3.8) is 0 Å². The third-order valence-electron chi connectivity index (χ3n) is 2.93. The summed E-state index contributed by atoms with van der Waals surface area (Å²) in [6.45, 7) is 0. The van der Waals surface area contributed by atoms with Crippen molar-refractivity contribution in [3.8, 4) is 5.82 Å². The number of nitrogens with zero attached hydrogens (tertiary/aromatic N) is 3. The van der Waals surface area contributed by atoms with Crippen LogP contribution in [0, 0.1) is 0 Å². The van der Waals surface area contributed by atoms with Gasteiger partial charge >= 0.3 is 5.97 Å². The lowest BCUT2D eigenvalue weighted by atomic mass is 10.3. The van der Waals surface area contributed by atoms with Gasteiger partial charge in [0.15, 0.2) is 0 Å². The van der Waals surface area contributed by atoms with E-state index in [1.165, 1.54) is 13.3 Å². The van der Waals surface area contributed by atoms with Crippen molar-refractivity contribution in [2.24, 2.45) is 0 Å². The molecule has 0 fully saturated rings. The minimum absolute atomic E-state index is 0.401. The number of esters is 1. The number of carbonyl (C=O) groups excluding carboxylic acids is 1. The molecular weight excluding hydrogens is 322 g/mol. The van der Waals surface area contributed by atoms with Gasteiger partial charge in [-0.15, -0.1) is 0 Å². The molecule has 0 radical (unpaired) electrons. The quantitative estimate of drug-likeness (QED) is 0.677. The van der Waals surface area contributed by atoms with Crippen molar-refractivity contribution in [2.45, 2.75) is 0 Å². The van der Waals surface area contributed by atoms with Gasteiger partial charge in [-0.25, -0.2) is 14.8 Å². The molecule has 0 N–H and O–H groups in total. The average molecular weight is 332 g/mol. The maximum atomic E-state index is 11.4. The normalized spacial score (nSPS) is 10.7. The molecule has 20 heavy (non-hydrogen) atoms. The first kappa shape index (κ1) is 12.8. The fourth-order valence-corrected chi connectivity index (χ4v) is 2.28. The summed E-state index contributed by atoms with van der Waals surface area (Å²) in [7, 11) is 1.34. The molecule has 0 aliphatic rings. The maximum Gasteiger partial charge on any atom is 0.339 e. The second-order valence-corrected chi connectivity index (χ2v) is 5.06. The molecular formula is C14H10BrN3O2. The van der Waals surface area contributed by atoms with E-state index in [0.29, 0.717) is 11.4 Å². The molecule has 5 nitrogen and oxygen atoms in total. The Hall–Kier alpha value is -2.21. The van der Waals surface area contributed by atoms with E-state index < -0.39 is 5.97 Å². The summed E-state index contributed by atoms with van der Waals surface area (Å²) in [5, 5.41) is 0. The van der Waals surface area contributed by atoms with Crippen LogP contribution in [0.25, 0.3) is 16.9 Å². The number of rotatable bonds is 2. The van der Waals surface area contributed by atoms with Crippen LogP contribution in [0.4, 0.5) is 0 Å². The summed E-state index contributed by atoms with van der Waals surface area (Å²) in [5.41, 5.74) is 2.24. The smallest absolute Gasteiger partial charge is 0.339 e. The number of benzene rings is 1. The number of hydrogen-bond donors (Lipinski definition) is 0. The van der Waals surface area contributed by atoms with Gasteiger partial charge in [0.05, 0.1) is 23.7 Å². The molecule has 6 heteroatoms. The minimum Gasteiger partial charge on any atom is -0.465 e. The molecule has 0 atom stereocenters. The largest absolute Gasteiger partial charge is 0.465 e. The molecule has 3 rings (SSSR count). The van der Waals surface area contributed by atoms with Gasteiger partial charge in [-0.05, 0) is 30.3 Å². The Morgan fingerprint density at radius 1 is 1.25 bits per heavy atom. The fourth-order valence-electron chi connectivity index (χ4n) is 1.93. The van der Waals surface area contributed by atoms with Gasteiger partial charge in [0.1, 0.15) is 12.1 Å². The standard InChI is InChI=1S/C14H10BrN3O2/c1-20-14(19)9-2-5-13(16-7-9)18-8-17-11-4-3-10(15)6-12(11)18/h2-8H,1H3. The Morgan fingerprint density at radius 2 is 2.10 bits per heavy atom. The third kappa shape index (κ3) is 2.18. The highest BCUT2D eigenvalue weighted by Crippen LogP contribution is 2.21. The van der Waals surface area contributed by atoms with E-state index in [1.54, 1.807) is 18.5 Å². The summed E-state index contributed by atoms with van der Waals surface area (Å²) in [5.74, 6) is 0.292. The number of fused-ring (bicyclic) bond motifs is 1. The Kier molecular flexibility index (Phi) is 3.23. The number of methoxy groups -OCH3 is 1. The van der Waals surface area contributed by atoms with Crippen LogP contribution in [0.1, 0.15) is 10.4 Å². The summed E-state index contributed by atoms with van der Waals surface area (Å²) in [4.78, 5) is 20.0. The van der Waals surface area contributed by atoms with E-state index in [9.17, 15) is 4.79 Å². The van der Waals surface area contributed by atoms with E-state index in [1.807, 2.05) is 22.8 Å². The first-order valence-corrected chi connectivity index (χ1v) is 6.65. The van der Waals surface area contributed by atoms with E-state index in [-0.39, 0.29) is 0 Å². The number of hydrogen-bond acceptors (Lipinski definition) is 4. The van der Waals surface area contributed by atoms with Crippen LogP contribution in [0.3, 0.4) is 0 Å². The van der Waals surface area contributed by atoms with Crippen molar-refractivity contribution in [3.05, 3.63) is 52.9 Å². The van der Waals surface area contributed by atoms with E-state index in [0.717, 1.165) is 15.5 Å². The zero-order chi connectivity index (χ0) is 14.1. The van der Waals surface area contributed by atoms with Gasteiger partial charge in [0.2, 0.25) is 0 Å². The van der Waals surface area contributed by atoms with Crippen molar-refractivity contribution in [2.75, 3.05) is 7.11 Å². The van der Waals surface area contributed by atoms with Crippen molar-refractivity contribution < 1.29 is 9.53 Å². The summed E-state index contributed by atoms with van der Waals surface area (Å²) in [6, 6.07) is 9.27. The summed E-state index contributed by atoms with van der Waals surface area (Å²) < 4.78 is 7.48. The van der Waals surface area contributed by atoms with Gasteiger partial charge in [-0.1, -0.05) is 15.9 Å². The van der Waals surface area contributed by atoms with Gasteiger partial charge in [0.25, 0.3) is 0 Å². The molecule has 3 aromatic rings. The van der Waals surface area contributed by atoms with Gasteiger partial charge < -0.3 is 4.74 Å². The Balaban J connectivity index is 2.07. The number of aromatic nitrogens is 3. The van der Waals surface area contributed by atoms with Crippen molar-refractivity contribution in [1.29, 1.82) is 0 Å². The Bertz CT molecular complexity index is 781. The first-order chi connectivity index (χ1) is 9.69. The van der Waals surface area contributed by atoms with Crippen molar-refractivity contribution >= 4 is 32.9 Å². The van der Waals surface area contributed by atoms with E-state index in [4.69, 9.17) is 0 Å². The number of pyridine rings is 1. The van der Waals surface area contributed by atoms with E-state index in [2.05, 4.69) is 30.6 Å². The molecule has 0 spiro atoms. The highest BCUT2D eigenvalue weighted by atomic mass is 79.9. The second kappa shape index (κ2) is 5.05. The maximum absolute atomic E-state index is 11.4. The number of imidazole rings is 1. The van der Waals surface area contributed by atoms with Gasteiger partial charge in [-0.3, -0.25) is 4.57 Å². The zero-order valence-electron chi connectivity index (χ0n) is 10.6. The predicted octanol–water partition coefficient (Wildman–Crippen LogP) is 2.97. The molecule has 2 heterocycles. The lowest BCUT2D eigenvalue weighted by molar-refractivity contribution is 0.0600. The zero-order valence-corrected chi connectivity index (χ0v) is 12.2. The number of halogens is 1. The minimum atomic E-state index is -0.401. The molecule has 0 aliphatic carbocycles. The lowest BCUT2D eigenvalue weighted by Gasteiger charge is -2.04. The fraction of sp³-hybridized carbons (Fsp3) is 0.0714. The second-order valence-electron chi connectivity index (χ2n) is 4.14. The first-order valence-electron chi connectivity index (χ1n) is 5.86. The number of ether oxygens (including phenoxy) is 1. The predicted molar refractivity (Wildman–Crippen MR) is 77.9 cm³/mol. The van der Waals surface area contributed by atoms with Crippen LogP contribution >= 0.6 is 15.9 Å². The summed E-state index contributed by atoms with van der Waals surface area (Å²) in [6.07, 6.45) is 3.20. The molecule has 0 amide bonds. The van der Waals surface area contributed by atoms with Crippen LogP contribution in [0.15, 0.2) is 47.3 Å². The van der Waals surface area contributed by atoms with Crippen LogP contribution in [0.2, 0.25) is 0 Å². The molecule has 2 aromatic heterocycles. The third-order valence-corrected chi connectivity index (χ3v) is 3.42. The highest BCUT2D eigenvalue weighted by molar-refractivity contribution is 9.10. The molecule has 0 aliphatic heterocycles. The lowest BCUT2D eigenvalue weighted by Crippen LogP contribution is -2.03. The molecule has 0 bridgehead atoms. The SMILES string of the molecule is COC(=O)c1ccc(-n2cnc3ccc(Br)cc32)nc1. The monoisotopic (exact) mass is 331 g/mol. The molecule has 0 unspecified atom stereocenters. The topological polar surface area (TPSA) is 57.0 Å². The van der Waals surface area contributed by atoms with Crippen LogP contribution in [-0.2, 0) is 4.74 Å². The molecule has 1 aromatic carbocycles. The molecule has 100 valence electrons. The molecule has 0 saturated carbocycles. The van der Waals surface area contributed by atoms with Crippen LogP contribution in [-0.4, -0.2) is 27.6 Å². The van der Waals surface area contributed by atoms with Gasteiger partial charge in [-0.2, -0.15) is 0 Å². The molecule has 0 saturated heterocycles.